The number of benzene rings is 2. The number of nitrogens with two attached hydrogens (primary N) is 1. The van der Waals surface area contributed by atoms with Crippen molar-refractivity contribution in [1.82, 2.24) is 0 Å². The van der Waals surface area contributed by atoms with E-state index in [9.17, 15) is 18.0 Å². The minimum atomic E-state index is -4.48. The Kier molecular flexibility index (Phi) is 5.44. The Morgan fingerprint density at radius 2 is 1.76 bits per heavy atom. The van der Waals surface area contributed by atoms with Crippen LogP contribution in [0.5, 0.6) is 0 Å². The predicted molar refractivity (Wildman–Crippen MR) is 92.6 cm³/mol. The lowest BCUT2D eigenvalue weighted by Crippen LogP contribution is -2.28. The SMILES string of the molecule is Cl.NCc1cc(NC(=O)C2(c3ccccc3)CC2)cc(C(F)(F)F)c1. The molecule has 1 amide bonds. The number of halogens is 4. The summed E-state index contributed by atoms with van der Waals surface area (Å²) in [5.41, 5.74) is 5.35. The van der Waals surface area contributed by atoms with E-state index in [4.69, 9.17) is 5.73 Å². The molecule has 0 bridgehead atoms. The first-order chi connectivity index (χ1) is 11.3. The highest BCUT2D eigenvalue weighted by atomic mass is 35.5. The summed E-state index contributed by atoms with van der Waals surface area (Å²) < 4.78 is 38.9. The number of carbonyl (C=O) groups excluding carboxylic acids is 1. The quantitative estimate of drug-likeness (QED) is 0.845. The molecule has 1 saturated carbocycles. The number of anilines is 1. The molecule has 0 saturated heterocycles. The van der Waals surface area contributed by atoms with E-state index in [0.717, 1.165) is 17.7 Å². The van der Waals surface area contributed by atoms with Gasteiger partial charge >= 0.3 is 6.18 Å². The number of alkyl halides is 3. The number of hydrogen-bond donors (Lipinski definition) is 2. The maximum atomic E-state index is 13.0. The number of nitrogens with one attached hydrogen (secondary N) is 1. The Morgan fingerprint density at radius 3 is 2.28 bits per heavy atom. The molecule has 1 aliphatic rings. The van der Waals surface area contributed by atoms with Gasteiger partial charge in [0, 0.05) is 12.2 Å². The second-order valence-electron chi connectivity index (χ2n) is 6.02. The molecule has 3 rings (SSSR count). The third-order valence-electron chi connectivity index (χ3n) is 4.32. The van der Waals surface area contributed by atoms with Crippen molar-refractivity contribution in [3.8, 4) is 0 Å². The first kappa shape index (κ1) is 19.3. The summed E-state index contributed by atoms with van der Waals surface area (Å²) in [5.74, 6) is -0.281. The second kappa shape index (κ2) is 7.06. The highest BCUT2D eigenvalue weighted by molar-refractivity contribution is 6.01. The van der Waals surface area contributed by atoms with E-state index in [1.54, 1.807) is 0 Å². The van der Waals surface area contributed by atoms with Gasteiger partial charge in [0.25, 0.3) is 0 Å². The fourth-order valence-electron chi connectivity index (χ4n) is 2.83. The zero-order valence-electron chi connectivity index (χ0n) is 13.3. The maximum absolute atomic E-state index is 13.0. The fraction of sp³-hybridized carbons (Fsp3) is 0.278. The lowest BCUT2D eigenvalue weighted by atomic mass is 9.95. The molecule has 1 aliphatic carbocycles. The summed E-state index contributed by atoms with van der Waals surface area (Å²) in [6, 6.07) is 12.7. The van der Waals surface area contributed by atoms with E-state index < -0.39 is 17.2 Å². The Bertz CT molecular complexity index is 759. The highest BCUT2D eigenvalue weighted by Crippen LogP contribution is 2.49. The van der Waals surface area contributed by atoms with E-state index in [1.807, 2.05) is 30.3 Å². The topological polar surface area (TPSA) is 55.1 Å². The van der Waals surface area contributed by atoms with Crippen molar-refractivity contribution in [1.29, 1.82) is 0 Å². The maximum Gasteiger partial charge on any atom is 0.416 e. The zero-order chi connectivity index (χ0) is 17.4. The van der Waals surface area contributed by atoms with Crippen LogP contribution >= 0.6 is 12.4 Å². The molecule has 2 aromatic rings. The Labute approximate surface area is 149 Å². The number of carbonyl (C=O) groups is 1. The molecule has 2 aromatic carbocycles. The van der Waals surface area contributed by atoms with Gasteiger partial charge in [-0.1, -0.05) is 30.3 Å². The van der Waals surface area contributed by atoms with Gasteiger partial charge in [-0.05, 0) is 42.2 Å². The van der Waals surface area contributed by atoms with Crippen molar-refractivity contribution >= 4 is 24.0 Å². The molecule has 0 aromatic heterocycles. The van der Waals surface area contributed by atoms with Crippen LogP contribution in [0.25, 0.3) is 0 Å². The molecule has 7 heteroatoms. The normalized spacial score (nSPS) is 15.2. The molecule has 0 heterocycles. The zero-order valence-corrected chi connectivity index (χ0v) is 14.1. The summed E-state index contributed by atoms with van der Waals surface area (Å²) >= 11 is 0. The van der Waals surface area contributed by atoms with Gasteiger partial charge in [0.15, 0.2) is 0 Å². The van der Waals surface area contributed by atoms with Crippen molar-refractivity contribution in [3.05, 3.63) is 65.2 Å². The monoisotopic (exact) mass is 370 g/mol. The van der Waals surface area contributed by atoms with Gasteiger partial charge in [0.1, 0.15) is 0 Å². The van der Waals surface area contributed by atoms with Crippen LogP contribution in [0.4, 0.5) is 18.9 Å². The molecular weight excluding hydrogens is 353 g/mol. The summed E-state index contributed by atoms with van der Waals surface area (Å²) in [4.78, 5) is 12.6. The minimum Gasteiger partial charge on any atom is -0.326 e. The van der Waals surface area contributed by atoms with E-state index >= 15 is 0 Å². The van der Waals surface area contributed by atoms with Gasteiger partial charge < -0.3 is 11.1 Å². The molecule has 0 atom stereocenters. The van der Waals surface area contributed by atoms with Gasteiger partial charge in [0.2, 0.25) is 5.91 Å². The molecule has 3 N–H and O–H groups in total. The molecule has 0 unspecified atom stereocenters. The van der Waals surface area contributed by atoms with Gasteiger partial charge in [-0.2, -0.15) is 13.2 Å². The van der Waals surface area contributed by atoms with Crippen LogP contribution in [-0.4, -0.2) is 5.91 Å². The third kappa shape index (κ3) is 3.96. The van der Waals surface area contributed by atoms with Gasteiger partial charge in [-0.25, -0.2) is 0 Å². The van der Waals surface area contributed by atoms with Crippen LogP contribution in [0.1, 0.15) is 29.5 Å². The van der Waals surface area contributed by atoms with Crippen LogP contribution in [0.15, 0.2) is 48.5 Å². The van der Waals surface area contributed by atoms with E-state index in [-0.39, 0.29) is 30.5 Å². The Morgan fingerprint density at radius 1 is 1.12 bits per heavy atom. The van der Waals surface area contributed by atoms with Gasteiger partial charge in [-0.15, -0.1) is 12.4 Å². The molecule has 1 fully saturated rings. The average Bonchev–Trinajstić information content (AvgIpc) is 3.36. The molecule has 3 nitrogen and oxygen atoms in total. The van der Waals surface area contributed by atoms with Crippen LogP contribution in [-0.2, 0) is 22.9 Å². The molecule has 0 aliphatic heterocycles. The Balaban J connectivity index is 0.00000225. The summed E-state index contributed by atoms with van der Waals surface area (Å²) in [6.45, 7) is -0.0311. The predicted octanol–water partition coefficient (Wildman–Crippen LogP) is 4.26. The van der Waals surface area contributed by atoms with Gasteiger partial charge in [-0.3, -0.25) is 4.79 Å². The molecule has 0 spiro atoms. The van der Waals surface area contributed by atoms with Crippen molar-refractivity contribution < 1.29 is 18.0 Å². The summed E-state index contributed by atoms with van der Waals surface area (Å²) in [6.07, 6.45) is -3.11. The Hall–Kier alpha value is -2.05. The molecular formula is C18H18ClF3N2O. The van der Waals surface area contributed by atoms with E-state index in [1.165, 1.54) is 6.07 Å². The van der Waals surface area contributed by atoms with Crippen molar-refractivity contribution in [3.63, 3.8) is 0 Å². The van der Waals surface area contributed by atoms with Gasteiger partial charge in [0.05, 0.1) is 11.0 Å². The fourth-order valence-corrected chi connectivity index (χ4v) is 2.83. The van der Waals surface area contributed by atoms with Crippen LogP contribution in [0.2, 0.25) is 0 Å². The molecule has 134 valence electrons. The first-order valence-electron chi connectivity index (χ1n) is 7.63. The van der Waals surface area contributed by atoms with E-state index in [0.29, 0.717) is 18.4 Å². The summed E-state index contributed by atoms with van der Waals surface area (Å²) in [7, 11) is 0. The smallest absolute Gasteiger partial charge is 0.326 e. The van der Waals surface area contributed by atoms with Crippen molar-refractivity contribution in [2.45, 2.75) is 31.0 Å². The number of rotatable bonds is 4. The lowest BCUT2D eigenvalue weighted by Gasteiger charge is -2.17. The lowest BCUT2D eigenvalue weighted by molar-refractivity contribution is -0.137. The average molecular weight is 371 g/mol. The largest absolute Gasteiger partial charge is 0.416 e. The number of hydrogen-bond acceptors (Lipinski definition) is 2. The standard InChI is InChI=1S/C18H17F3N2O.ClH/c19-18(20,21)14-8-12(11-22)9-15(10-14)23-16(24)17(6-7-17)13-4-2-1-3-5-13;/h1-5,8-10H,6-7,11,22H2,(H,23,24);1H. The van der Waals surface area contributed by atoms with Crippen LogP contribution in [0.3, 0.4) is 0 Å². The van der Waals surface area contributed by atoms with Crippen LogP contribution < -0.4 is 11.1 Å². The first-order valence-corrected chi connectivity index (χ1v) is 7.63. The van der Waals surface area contributed by atoms with E-state index in [2.05, 4.69) is 5.32 Å². The highest BCUT2D eigenvalue weighted by Gasteiger charge is 2.51. The summed E-state index contributed by atoms with van der Waals surface area (Å²) in [5, 5.41) is 2.64. The second-order valence-corrected chi connectivity index (χ2v) is 6.02. The molecule has 25 heavy (non-hydrogen) atoms. The molecule has 0 radical (unpaired) electrons. The van der Waals surface area contributed by atoms with Crippen LogP contribution in [0, 0.1) is 0 Å². The number of amides is 1. The van der Waals surface area contributed by atoms with Crippen molar-refractivity contribution in [2.24, 2.45) is 5.73 Å². The van der Waals surface area contributed by atoms with Crippen molar-refractivity contribution in [2.75, 3.05) is 5.32 Å². The third-order valence-corrected chi connectivity index (χ3v) is 4.32. The minimum absolute atomic E-state index is 0.